The number of nitrogens with two attached hydrogens (primary N) is 1. The Kier molecular flexibility index (Phi) is 3.04. The number of hydrogen-bond acceptors (Lipinski definition) is 3. The molecule has 0 aliphatic rings. The van der Waals surface area contributed by atoms with Gasteiger partial charge in [-0.2, -0.15) is 4.98 Å². The summed E-state index contributed by atoms with van der Waals surface area (Å²) >= 11 is 0. The van der Waals surface area contributed by atoms with Gasteiger partial charge in [0.1, 0.15) is 11.6 Å². The highest BCUT2D eigenvalue weighted by Gasteiger charge is 2.11. The topological polar surface area (TPSA) is 53.1 Å². The first-order valence-electron chi connectivity index (χ1n) is 5.65. The number of aryl methyl sites for hydroxylation is 1. The first-order chi connectivity index (χ1) is 8.08. The van der Waals surface area contributed by atoms with Crippen LogP contribution in [0.5, 0.6) is 11.8 Å². The van der Waals surface area contributed by atoms with Crippen molar-refractivity contribution in [1.29, 1.82) is 0 Å². The molecular formula is C13H17N3O. The molecule has 0 bridgehead atoms. The zero-order valence-electron chi connectivity index (χ0n) is 10.3. The van der Waals surface area contributed by atoms with E-state index in [-0.39, 0.29) is 6.04 Å². The number of anilines is 1. The zero-order valence-corrected chi connectivity index (χ0v) is 10.3. The van der Waals surface area contributed by atoms with Crippen molar-refractivity contribution in [3.8, 4) is 11.8 Å². The van der Waals surface area contributed by atoms with Crippen molar-refractivity contribution in [2.24, 2.45) is 0 Å². The third kappa shape index (κ3) is 2.41. The third-order valence-electron chi connectivity index (χ3n) is 2.57. The largest absolute Gasteiger partial charge is 0.425 e. The van der Waals surface area contributed by atoms with Crippen molar-refractivity contribution in [1.82, 2.24) is 9.55 Å². The van der Waals surface area contributed by atoms with E-state index in [9.17, 15) is 0 Å². The van der Waals surface area contributed by atoms with E-state index in [0.29, 0.717) is 11.8 Å². The molecule has 0 spiro atoms. The van der Waals surface area contributed by atoms with E-state index in [1.807, 2.05) is 35.8 Å². The van der Waals surface area contributed by atoms with Crippen LogP contribution < -0.4 is 10.5 Å². The summed E-state index contributed by atoms with van der Waals surface area (Å²) in [6.45, 7) is 6.12. The standard InChI is InChI=1S/C13H17N3O/c1-9(2)16-8-12(14)15-13(16)17-11-7-5-4-6-10(11)3/h4-9H,14H2,1-3H3. The molecule has 1 heterocycles. The number of nitrogen functional groups attached to an aromatic ring is 1. The summed E-state index contributed by atoms with van der Waals surface area (Å²) in [6.07, 6.45) is 1.79. The second kappa shape index (κ2) is 4.49. The molecule has 4 nitrogen and oxygen atoms in total. The highest BCUT2D eigenvalue weighted by Crippen LogP contribution is 2.26. The van der Waals surface area contributed by atoms with Gasteiger partial charge in [0.05, 0.1) is 6.20 Å². The molecule has 0 saturated heterocycles. The minimum absolute atomic E-state index is 0.263. The Morgan fingerprint density at radius 3 is 2.65 bits per heavy atom. The minimum Gasteiger partial charge on any atom is -0.425 e. The van der Waals surface area contributed by atoms with E-state index in [0.717, 1.165) is 11.3 Å². The molecule has 0 radical (unpaired) electrons. The van der Waals surface area contributed by atoms with Gasteiger partial charge in [-0.3, -0.25) is 4.57 Å². The molecule has 1 aromatic heterocycles. The predicted molar refractivity (Wildman–Crippen MR) is 68.3 cm³/mol. The van der Waals surface area contributed by atoms with Crippen LogP contribution in [0.1, 0.15) is 25.5 Å². The van der Waals surface area contributed by atoms with Gasteiger partial charge in [-0.1, -0.05) is 18.2 Å². The Hall–Kier alpha value is -1.97. The van der Waals surface area contributed by atoms with Crippen LogP contribution in [0, 0.1) is 6.92 Å². The van der Waals surface area contributed by atoms with Gasteiger partial charge in [-0.15, -0.1) is 0 Å². The monoisotopic (exact) mass is 231 g/mol. The Morgan fingerprint density at radius 2 is 2.00 bits per heavy atom. The van der Waals surface area contributed by atoms with Crippen LogP contribution in [-0.4, -0.2) is 9.55 Å². The van der Waals surface area contributed by atoms with E-state index in [2.05, 4.69) is 18.8 Å². The van der Waals surface area contributed by atoms with Crippen molar-refractivity contribution in [2.75, 3.05) is 5.73 Å². The molecule has 0 atom stereocenters. The van der Waals surface area contributed by atoms with Gasteiger partial charge in [-0.05, 0) is 32.4 Å². The third-order valence-corrected chi connectivity index (χ3v) is 2.57. The molecule has 4 heteroatoms. The first kappa shape index (κ1) is 11.5. The molecule has 0 unspecified atom stereocenters. The lowest BCUT2D eigenvalue weighted by Crippen LogP contribution is -2.02. The van der Waals surface area contributed by atoms with E-state index < -0.39 is 0 Å². The van der Waals surface area contributed by atoms with Crippen molar-refractivity contribution >= 4 is 5.82 Å². The average Bonchev–Trinajstić information content (AvgIpc) is 2.63. The van der Waals surface area contributed by atoms with E-state index in [1.165, 1.54) is 0 Å². The molecule has 0 aliphatic heterocycles. The average molecular weight is 231 g/mol. The smallest absolute Gasteiger partial charge is 0.304 e. The van der Waals surface area contributed by atoms with E-state index >= 15 is 0 Å². The molecule has 1 aromatic carbocycles. The summed E-state index contributed by atoms with van der Waals surface area (Å²) in [5, 5.41) is 0. The number of ether oxygens (including phenoxy) is 1. The molecular weight excluding hydrogens is 214 g/mol. The number of nitrogens with zero attached hydrogens (tertiary/aromatic N) is 2. The second-order valence-corrected chi connectivity index (χ2v) is 4.32. The quantitative estimate of drug-likeness (QED) is 0.882. The maximum absolute atomic E-state index is 5.79. The van der Waals surface area contributed by atoms with Gasteiger partial charge in [0.25, 0.3) is 0 Å². The SMILES string of the molecule is Cc1ccccc1Oc1nc(N)cn1C(C)C. The summed E-state index contributed by atoms with van der Waals surface area (Å²) < 4.78 is 7.71. The van der Waals surface area contributed by atoms with Gasteiger partial charge in [0.2, 0.25) is 0 Å². The lowest BCUT2D eigenvalue weighted by atomic mass is 10.2. The number of benzene rings is 1. The fourth-order valence-corrected chi connectivity index (χ4v) is 1.61. The Morgan fingerprint density at radius 1 is 1.29 bits per heavy atom. The lowest BCUT2D eigenvalue weighted by molar-refractivity contribution is 0.393. The normalized spacial score (nSPS) is 10.8. The van der Waals surface area contributed by atoms with E-state index in [4.69, 9.17) is 10.5 Å². The van der Waals surface area contributed by atoms with Crippen LogP contribution in [-0.2, 0) is 0 Å². The number of para-hydroxylation sites is 1. The number of rotatable bonds is 3. The summed E-state index contributed by atoms with van der Waals surface area (Å²) in [4.78, 5) is 4.19. The lowest BCUT2D eigenvalue weighted by Gasteiger charge is -2.12. The first-order valence-corrected chi connectivity index (χ1v) is 5.65. The van der Waals surface area contributed by atoms with Gasteiger partial charge in [0.15, 0.2) is 0 Å². The second-order valence-electron chi connectivity index (χ2n) is 4.32. The summed E-state index contributed by atoms with van der Waals surface area (Å²) in [5.74, 6) is 1.28. The molecule has 2 rings (SSSR count). The van der Waals surface area contributed by atoms with Gasteiger partial charge in [-0.25, -0.2) is 0 Å². The maximum atomic E-state index is 5.79. The van der Waals surface area contributed by atoms with Crippen molar-refractivity contribution < 1.29 is 4.74 Å². The van der Waals surface area contributed by atoms with Gasteiger partial charge in [0, 0.05) is 6.04 Å². The van der Waals surface area contributed by atoms with E-state index in [1.54, 1.807) is 6.20 Å². The molecule has 0 amide bonds. The van der Waals surface area contributed by atoms with Gasteiger partial charge >= 0.3 is 6.01 Å². The van der Waals surface area contributed by atoms with Crippen LogP contribution in [0.2, 0.25) is 0 Å². The highest BCUT2D eigenvalue weighted by atomic mass is 16.5. The van der Waals surface area contributed by atoms with Gasteiger partial charge < -0.3 is 10.5 Å². The van der Waals surface area contributed by atoms with Crippen LogP contribution in [0.15, 0.2) is 30.5 Å². The Bertz CT molecular complexity index is 517. The summed E-state index contributed by atoms with van der Waals surface area (Å²) in [5.41, 5.74) is 6.77. The molecule has 0 saturated carbocycles. The predicted octanol–water partition coefficient (Wildman–Crippen LogP) is 3.15. The molecule has 17 heavy (non-hydrogen) atoms. The Labute approximate surface area is 101 Å². The number of aromatic nitrogens is 2. The number of imidazole rings is 1. The van der Waals surface area contributed by atoms with Crippen molar-refractivity contribution in [2.45, 2.75) is 26.8 Å². The van der Waals surface area contributed by atoms with Crippen LogP contribution >= 0.6 is 0 Å². The fraction of sp³-hybridized carbons (Fsp3) is 0.308. The molecule has 2 N–H and O–H groups in total. The van der Waals surface area contributed by atoms with Crippen molar-refractivity contribution in [3.63, 3.8) is 0 Å². The van der Waals surface area contributed by atoms with Crippen LogP contribution in [0.3, 0.4) is 0 Å². The highest BCUT2D eigenvalue weighted by molar-refractivity contribution is 5.36. The molecule has 2 aromatic rings. The zero-order chi connectivity index (χ0) is 12.4. The van der Waals surface area contributed by atoms with Crippen LogP contribution in [0.25, 0.3) is 0 Å². The fourth-order valence-electron chi connectivity index (χ4n) is 1.61. The van der Waals surface area contributed by atoms with Crippen molar-refractivity contribution in [3.05, 3.63) is 36.0 Å². The van der Waals surface area contributed by atoms with Crippen LogP contribution in [0.4, 0.5) is 5.82 Å². The molecule has 0 fully saturated rings. The molecule has 0 aliphatic carbocycles. The summed E-state index contributed by atoms with van der Waals surface area (Å²) in [6, 6.07) is 8.64. The Balaban J connectivity index is 2.33. The maximum Gasteiger partial charge on any atom is 0.304 e. The number of hydrogen-bond donors (Lipinski definition) is 1. The molecule has 90 valence electrons. The summed E-state index contributed by atoms with van der Waals surface area (Å²) in [7, 11) is 0. The minimum atomic E-state index is 0.263.